The standard InChI is InChI=1S/C15H25N3O4S/c1-11-5-6-15(8-11,10-19)18(4)23(21,22)12-7-13(14(20)16-2)17(3)9-12/h7,9,11,19H,5-6,8,10H2,1-4H3,(H,16,20)/t11-,15-/m0/s1. The number of hydrogen-bond acceptors (Lipinski definition) is 4. The maximum absolute atomic E-state index is 12.9. The average Bonchev–Trinajstić information content (AvgIpc) is 3.10. The summed E-state index contributed by atoms with van der Waals surface area (Å²) in [6.45, 7) is 1.85. The molecule has 0 aliphatic heterocycles. The highest BCUT2D eigenvalue weighted by Crippen LogP contribution is 2.40. The first-order chi connectivity index (χ1) is 10.7. The number of amides is 1. The number of nitrogens with zero attached hydrogens (tertiary/aromatic N) is 2. The van der Waals surface area contributed by atoms with Crippen LogP contribution in [-0.4, -0.2) is 54.5 Å². The van der Waals surface area contributed by atoms with Gasteiger partial charge in [0.1, 0.15) is 10.6 Å². The Kier molecular flexibility index (Phi) is 4.89. The fourth-order valence-corrected chi connectivity index (χ4v) is 4.94. The van der Waals surface area contributed by atoms with Crippen LogP contribution in [-0.2, 0) is 17.1 Å². The van der Waals surface area contributed by atoms with E-state index in [9.17, 15) is 18.3 Å². The smallest absolute Gasteiger partial charge is 0.267 e. The lowest BCUT2D eigenvalue weighted by atomic mass is 9.98. The highest BCUT2D eigenvalue weighted by molar-refractivity contribution is 7.89. The van der Waals surface area contributed by atoms with Crippen molar-refractivity contribution in [1.29, 1.82) is 0 Å². The number of aliphatic hydroxyl groups is 1. The third kappa shape index (κ3) is 3.02. The molecule has 130 valence electrons. The van der Waals surface area contributed by atoms with Crippen molar-refractivity contribution in [2.75, 3.05) is 20.7 Å². The molecule has 1 aromatic heterocycles. The van der Waals surface area contributed by atoms with Gasteiger partial charge in [-0.15, -0.1) is 0 Å². The van der Waals surface area contributed by atoms with Gasteiger partial charge in [0.15, 0.2) is 0 Å². The van der Waals surface area contributed by atoms with Gasteiger partial charge in [0, 0.05) is 27.3 Å². The highest BCUT2D eigenvalue weighted by Gasteiger charge is 2.46. The Hall–Kier alpha value is -1.38. The van der Waals surface area contributed by atoms with E-state index >= 15 is 0 Å². The lowest BCUT2D eigenvalue weighted by Crippen LogP contribution is -2.50. The Morgan fingerprint density at radius 2 is 2.22 bits per heavy atom. The van der Waals surface area contributed by atoms with E-state index in [2.05, 4.69) is 12.2 Å². The van der Waals surface area contributed by atoms with E-state index in [0.29, 0.717) is 18.8 Å². The monoisotopic (exact) mass is 343 g/mol. The zero-order chi connectivity index (χ0) is 17.4. The van der Waals surface area contributed by atoms with E-state index in [-0.39, 0.29) is 23.1 Å². The topological polar surface area (TPSA) is 91.6 Å². The van der Waals surface area contributed by atoms with E-state index in [1.54, 1.807) is 7.05 Å². The molecule has 0 radical (unpaired) electrons. The van der Waals surface area contributed by atoms with Crippen LogP contribution in [0, 0.1) is 5.92 Å². The lowest BCUT2D eigenvalue weighted by molar-refractivity contribution is 0.0955. The van der Waals surface area contributed by atoms with Crippen LogP contribution in [0.15, 0.2) is 17.2 Å². The summed E-state index contributed by atoms with van der Waals surface area (Å²) < 4.78 is 28.6. The summed E-state index contributed by atoms with van der Waals surface area (Å²) in [6.07, 6.45) is 3.59. The molecule has 0 saturated heterocycles. The predicted octanol–water partition coefficient (Wildman–Crippen LogP) is 0.556. The first-order valence-corrected chi connectivity index (χ1v) is 9.10. The fraction of sp³-hybridized carbons (Fsp3) is 0.667. The number of nitrogens with one attached hydrogen (secondary N) is 1. The minimum Gasteiger partial charge on any atom is -0.394 e. The molecule has 8 heteroatoms. The first-order valence-electron chi connectivity index (χ1n) is 7.66. The molecule has 0 spiro atoms. The van der Waals surface area contributed by atoms with Gasteiger partial charge < -0.3 is 15.0 Å². The maximum atomic E-state index is 12.9. The van der Waals surface area contributed by atoms with Crippen LogP contribution in [0.2, 0.25) is 0 Å². The van der Waals surface area contributed by atoms with Crippen molar-refractivity contribution >= 4 is 15.9 Å². The lowest BCUT2D eigenvalue weighted by Gasteiger charge is -2.36. The molecule has 1 heterocycles. The number of aromatic nitrogens is 1. The van der Waals surface area contributed by atoms with Crippen LogP contribution in [0.3, 0.4) is 0 Å². The zero-order valence-corrected chi connectivity index (χ0v) is 14.9. The van der Waals surface area contributed by atoms with Gasteiger partial charge in [-0.25, -0.2) is 8.42 Å². The fourth-order valence-electron chi connectivity index (χ4n) is 3.34. The summed E-state index contributed by atoms with van der Waals surface area (Å²) >= 11 is 0. The van der Waals surface area contributed by atoms with Crippen molar-refractivity contribution in [3.05, 3.63) is 18.0 Å². The summed E-state index contributed by atoms with van der Waals surface area (Å²) in [5, 5.41) is 12.3. The van der Waals surface area contributed by atoms with Crippen LogP contribution < -0.4 is 5.32 Å². The molecule has 0 aromatic carbocycles. The molecule has 0 unspecified atom stereocenters. The number of hydrogen-bond donors (Lipinski definition) is 2. The van der Waals surface area contributed by atoms with Gasteiger partial charge in [-0.3, -0.25) is 4.79 Å². The van der Waals surface area contributed by atoms with Gasteiger partial charge >= 0.3 is 0 Å². The minimum atomic E-state index is -3.79. The van der Waals surface area contributed by atoms with E-state index in [1.165, 1.54) is 35.2 Å². The van der Waals surface area contributed by atoms with E-state index in [4.69, 9.17) is 0 Å². The van der Waals surface area contributed by atoms with Crippen LogP contribution in [0.5, 0.6) is 0 Å². The number of carbonyl (C=O) groups excluding carboxylic acids is 1. The Labute approximate surface area is 137 Å². The van der Waals surface area contributed by atoms with Gasteiger partial charge in [0.05, 0.1) is 12.1 Å². The van der Waals surface area contributed by atoms with Crippen LogP contribution in [0.4, 0.5) is 0 Å². The normalized spacial score (nSPS) is 25.0. The van der Waals surface area contributed by atoms with Crippen molar-refractivity contribution in [2.24, 2.45) is 13.0 Å². The van der Waals surface area contributed by atoms with Gasteiger partial charge in [-0.05, 0) is 31.2 Å². The molecule has 2 rings (SSSR count). The second-order valence-corrected chi connectivity index (χ2v) is 8.42. The number of aryl methyl sites for hydroxylation is 1. The van der Waals surface area contributed by atoms with Gasteiger partial charge in [-0.1, -0.05) is 6.92 Å². The number of likely N-dealkylation sites (N-methyl/N-ethyl adjacent to an activating group) is 1. The Bertz CT molecular complexity index is 698. The Morgan fingerprint density at radius 1 is 1.57 bits per heavy atom. The maximum Gasteiger partial charge on any atom is 0.267 e. The Morgan fingerprint density at radius 3 is 2.70 bits per heavy atom. The number of rotatable bonds is 5. The van der Waals surface area contributed by atoms with Crippen molar-refractivity contribution in [3.8, 4) is 0 Å². The third-order valence-corrected chi connectivity index (χ3v) is 6.82. The van der Waals surface area contributed by atoms with E-state index in [0.717, 1.165) is 6.42 Å². The van der Waals surface area contributed by atoms with Gasteiger partial charge in [0.25, 0.3) is 5.91 Å². The molecule has 2 atom stereocenters. The summed E-state index contributed by atoms with van der Waals surface area (Å²) in [5.41, 5.74) is -0.487. The average molecular weight is 343 g/mol. The molecular weight excluding hydrogens is 318 g/mol. The summed E-state index contributed by atoms with van der Waals surface area (Å²) in [6, 6.07) is 1.37. The Balaban J connectivity index is 2.40. The number of aliphatic hydroxyl groups excluding tert-OH is 1. The highest BCUT2D eigenvalue weighted by atomic mass is 32.2. The molecule has 1 aliphatic rings. The molecule has 7 nitrogen and oxygen atoms in total. The number of carbonyl (C=O) groups is 1. The van der Waals surface area contributed by atoms with E-state index < -0.39 is 15.6 Å². The van der Waals surface area contributed by atoms with Crippen molar-refractivity contribution in [2.45, 2.75) is 36.6 Å². The first kappa shape index (κ1) is 18.0. The molecular formula is C15H25N3O4S. The van der Waals surface area contributed by atoms with Gasteiger partial charge in [0.2, 0.25) is 10.0 Å². The van der Waals surface area contributed by atoms with Gasteiger partial charge in [-0.2, -0.15) is 4.31 Å². The predicted molar refractivity (Wildman–Crippen MR) is 86.6 cm³/mol. The van der Waals surface area contributed by atoms with Crippen LogP contribution in [0.25, 0.3) is 0 Å². The summed E-state index contributed by atoms with van der Waals surface area (Å²) in [7, 11) is 0.847. The second kappa shape index (κ2) is 6.26. The molecule has 1 amide bonds. The molecule has 1 fully saturated rings. The second-order valence-electron chi connectivity index (χ2n) is 6.45. The molecule has 1 aromatic rings. The SMILES string of the molecule is CNC(=O)c1cc(S(=O)(=O)N(C)[C@@]2(CO)CC[C@H](C)C2)cn1C. The molecule has 0 bridgehead atoms. The summed E-state index contributed by atoms with van der Waals surface area (Å²) in [5.74, 6) is 0.0277. The molecule has 1 aliphatic carbocycles. The van der Waals surface area contributed by atoms with Crippen LogP contribution >= 0.6 is 0 Å². The minimum absolute atomic E-state index is 0.0634. The van der Waals surface area contributed by atoms with Crippen molar-refractivity contribution in [3.63, 3.8) is 0 Å². The zero-order valence-electron chi connectivity index (χ0n) is 14.0. The largest absolute Gasteiger partial charge is 0.394 e. The molecule has 2 N–H and O–H groups in total. The quantitative estimate of drug-likeness (QED) is 0.817. The van der Waals surface area contributed by atoms with E-state index in [1.807, 2.05) is 0 Å². The number of sulfonamides is 1. The third-order valence-electron chi connectivity index (χ3n) is 4.89. The summed E-state index contributed by atoms with van der Waals surface area (Å²) in [4.78, 5) is 11.8. The molecule has 1 saturated carbocycles. The van der Waals surface area contributed by atoms with Crippen LogP contribution in [0.1, 0.15) is 36.7 Å². The molecule has 23 heavy (non-hydrogen) atoms. The van der Waals surface area contributed by atoms with Crippen molar-refractivity contribution in [1.82, 2.24) is 14.2 Å². The van der Waals surface area contributed by atoms with Crippen molar-refractivity contribution < 1.29 is 18.3 Å².